The highest BCUT2D eigenvalue weighted by atomic mass is 32.1. The number of aliphatic hydroxyl groups is 1. The molecule has 11 nitrogen and oxygen atoms in total. The number of likely N-dealkylation sites (tertiary alicyclic amines) is 1. The number of nitrogens with one attached hydrogen (secondary N) is 1. The van der Waals surface area contributed by atoms with Crippen molar-refractivity contribution in [1.82, 2.24) is 30.0 Å². The van der Waals surface area contributed by atoms with E-state index >= 15 is 0 Å². The molecule has 6 rings (SSSR count). The monoisotopic (exact) mass is 643 g/mol. The molecule has 242 valence electrons. The van der Waals surface area contributed by atoms with Crippen molar-refractivity contribution in [2.24, 2.45) is 11.7 Å². The number of hydrogen-bond donors (Lipinski definition) is 3. The maximum absolute atomic E-state index is 14.1. The maximum atomic E-state index is 14.1. The Hall–Kier alpha value is -4.13. The number of aliphatic hydroxyl groups excluding tert-OH is 1. The first kappa shape index (κ1) is 31.8. The average Bonchev–Trinajstić information content (AvgIpc) is 3.76. The zero-order chi connectivity index (χ0) is 32.5. The molecule has 1 saturated heterocycles. The number of thiazole rings is 1. The Kier molecular flexibility index (Phi) is 9.21. The van der Waals surface area contributed by atoms with Gasteiger partial charge < -0.3 is 25.8 Å². The average molecular weight is 644 g/mol. The van der Waals surface area contributed by atoms with Crippen LogP contribution < -0.4 is 15.8 Å². The fraction of sp³-hybridized carbons (Fsp3) is 0.441. The quantitative estimate of drug-likeness (QED) is 0.232. The number of ether oxygens (including phenoxy) is 1. The summed E-state index contributed by atoms with van der Waals surface area (Å²) >= 11 is 1.60. The molecule has 0 radical (unpaired) electrons. The topological polar surface area (TPSA) is 148 Å². The molecule has 4 atom stereocenters. The molecule has 1 unspecified atom stereocenters. The molecule has 46 heavy (non-hydrogen) atoms. The highest BCUT2D eigenvalue weighted by Gasteiger charge is 2.43. The number of nitrogens with zero attached hydrogens (tertiary/aromatic N) is 5. The number of hydrogen-bond acceptors (Lipinski definition) is 9. The van der Waals surface area contributed by atoms with Crippen molar-refractivity contribution in [3.05, 3.63) is 71.8 Å². The van der Waals surface area contributed by atoms with Gasteiger partial charge in [0.1, 0.15) is 18.2 Å². The van der Waals surface area contributed by atoms with Gasteiger partial charge in [-0.2, -0.15) is 5.10 Å². The minimum absolute atomic E-state index is 0.0754. The van der Waals surface area contributed by atoms with Crippen LogP contribution in [0.2, 0.25) is 0 Å². The Morgan fingerprint density at radius 3 is 2.50 bits per heavy atom. The fourth-order valence-corrected chi connectivity index (χ4v) is 7.05. The summed E-state index contributed by atoms with van der Waals surface area (Å²) in [6.07, 6.45) is 6.32. The summed E-state index contributed by atoms with van der Waals surface area (Å²) in [7, 11) is 0. The summed E-state index contributed by atoms with van der Waals surface area (Å²) < 4.78 is 7.62. The van der Waals surface area contributed by atoms with Gasteiger partial charge in [0.15, 0.2) is 0 Å². The molecular weight excluding hydrogens is 602 g/mol. The SMILES string of the molecule is Cc1ncsc1-c1ccc(C(C)NC(=O)[C@@H]2C[C@@H](O)CN2C(=O)[C@@H](C(C)C)n2cc(-c3ccnc(OC4CC(N)C4)c3)cn2)cc1. The van der Waals surface area contributed by atoms with Crippen LogP contribution in [0.15, 0.2) is 60.5 Å². The minimum atomic E-state index is -0.793. The second-order valence-electron chi connectivity index (χ2n) is 12.8. The van der Waals surface area contributed by atoms with Gasteiger partial charge in [-0.3, -0.25) is 14.3 Å². The Morgan fingerprint density at radius 1 is 1.07 bits per heavy atom. The van der Waals surface area contributed by atoms with E-state index in [1.54, 1.807) is 28.4 Å². The molecule has 4 N–H and O–H groups in total. The van der Waals surface area contributed by atoms with E-state index < -0.39 is 18.2 Å². The van der Waals surface area contributed by atoms with E-state index in [0.29, 0.717) is 5.88 Å². The van der Waals surface area contributed by atoms with Crippen molar-refractivity contribution in [1.29, 1.82) is 0 Å². The summed E-state index contributed by atoms with van der Waals surface area (Å²) in [6.45, 7) is 7.89. The molecule has 4 heterocycles. The molecule has 4 aromatic rings. The lowest BCUT2D eigenvalue weighted by molar-refractivity contribution is -0.142. The molecule has 2 fully saturated rings. The first-order chi connectivity index (χ1) is 22.1. The molecule has 1 saturated carbocycles. The van der Waals surface area contributed by atoms with Gasteiger partial charge in [-0.05, 0) is 55.4 Å². The van der Waals surface area contributed by atoms with E-state index in [-0.39, 0.29) is 48.9 Å². The molecule has 2 amide bonds. The summed E-state index contributed by atoms with van der Waals surface area (Å²) in [5.74, 6) is -0.141. The highest BCUT2D eigenvalue weighted by Crippen LogP contribution is 2.31. The number of benzene rings is 1. The third-order valence-electron chi connectivity index (χ3n) is 8.90. The summed E-state index contributed by atoms with van der Waals surface area (Å²) in [5, 5.41) is 18.2. The Balaban J connectivity index is 1.14. The van der Waals surface area contributed by atoms with Crippen LogP contribution >= 0.6 is 11.3 Å². The number of carbonyl (C=O) groups is 2. The molecule has 0 bridgehead atoms. The zero-order valence-corrected chi connectivity index (χ0v) is 27.4. The highest BCUT2D eigenvalue weighted by molar-refractivity contribution is 7.13. The van der Waals surface area contributed by atoms with Gasteiger partial charge in [0.05, 0.1) is 34.4 Å². The van der Waals surface area contributed by atoms with E-state index in [4.69, 9.17) is 10.5 Å². The van der Waals surface area contributed by atoms with Crippen molar-refractivity contribution in [3.8, 4) is 27.4 Å². The van der Waals surface area contributed by atoms with E-state index in [9.17, 15) is 14.7 Å². The van der Waals surface area contributed by atoms with E-state index in [2.05, 4.69) is 20.4 Å². The maximum Gasteiger partial charge on any atom is 0.248 e. The van der Waals surface area contributed by atoms with Crippen LogP contribution in [0.3, 0.4) is 0 Å². The van der Waals surface area contributed by atoms with Gasteiger partial charge in [0.25, 0.3) is 0 Å². The first-order valence-corrected chi connectivity index (χ1v) is 16.7. The number of aryl methyl sites for hydroxylation is 1. The fourth-order valence-electron chi connectivity index (χ4n) is 6.24. The predicted octanol–water partition coefficient (Wildman–Crippen LogP) is 4.28. The number of β-amino-alcohol motifs (C(OH)–C–C–N with tert-alkyl or cyclic N) is 1. The smallest absolute Gasteiger partial charge is 0.248 e. The summed E-state index contributed by atoms with van der Waals surface area (Å²) in [5.41, 5.74) is 12.4. The second-order valence-corrected chi connectivity index (χ2v) is 13.6. The van der Waals surface area contributed by atoms with Crippen LogP contribution in [0.1, 0.15) is 63.4 Å². The van der Waals surface area contributed by atoms with Gasteiger partial charge in [0.2, 0.25) is 17.7 Å². The first-order valence-electron chi connectivity index (χ1n) is 15.8. The molecule has 1 aliphatic carbocycles. The summed E-state index contributed by atoms with van der Waals surface area (Å²) in [4.78, 5) is 39.0. The normalized spacial score (nSPS) is 22.4. The standard InChI is InChI=1S/C34H41N7O4S/c1-19(2)31(41-16-25(15-38-41)24-9-10-36-30(11-24)45-28-12-26(35)13-28)34(44)40-17-27(42)14-29(40)33(43)39-20(3)22-5-7-23(8-6-22)32-21(4)37-18-46-32/h5-11,15-16,18-20,26-29,31,42H,12-14,17,35H2,1-4H3,(H,39,43)/t20?,26?,27-,28?,29+,31-/m1/s1. The van der Waals surface area contributed by atoms with Crippen molar-refractivity contribution in [3.63, 3.8) is 0 Å². The molecule has 3 aromatic heterocycles. The third kappa shape index (κ3) is 6.69. The summed E-state index contributed by atoms with van der Waals surface area (Å²) in [6, 6.07) is 10.2. The minimum Gasteiger partial charge on any atom is -0.474 e. The van der Waals surface area contributed by atoms with Crippen molar-refractivity contribution in [2.45, 2.75) is 83.3 Å². The number of carbonyl (C=O) groups excluding carboxylic acids is 2. The van der Waals surface area contributed by atoms with Crippen molar-refractivity contribution >= 4 is 23.2 Å². The third-order valence-corrected chi connectivity index (χ3v) is 9.88. The molecule has 1 aromatic carbocycles. The molecule has 2 aliphatic rings. The Labute approximate surface area is 272 Å². The second kappa shape index (κ2) is 13.3. The van der Waals surface area contributed by atoms with Gasteiger partial charge in [-0.25, -0.2) is 9.97 Å². The Bertz CT molecular complexity index is 1680. The van der Waals surface area contributed by atoms with Crippen LogP contribution in [0.4, 0.5) is 0 Å². The van der Waals surface area contributed by atoms with Crippen LogP contribution in [0.25, 0.3) is 21.6 Å². The predicted molar refractivity (Wildman–Crippen MR) is 176 cm³/mol. The van der Waals surface area contributed by atoms with Gasteiger partial charge in [-0.15, -0.1) is 11.3 Å². The lowest BCUT2D eigenvalue weighted by atomic mass is 9.90. The lowest BCUT2D eigenvalue weighted by Crippen LogP contribution is -2.49. The number of rotatable bonds is 10. The number of nitrogens with two attached hydrogens (primary N) is 1. The number of pyridine rings is 1. The van der Waals surface area contributed by atoms with E-state index in [0.717, 1.165) is 45.7 Å². The van der Waals surface area contributed by atoms with Crippen molar-refractivity contribution in [2.75, 3.05) is 6.54 Å². The van der Waals surface area contributed by atoms with E-state index in [1.165, 1.54) is 4.90 Å². The molecular formula is C34H41N7O4S. The van der Waals surface area contributed by atoms with Gasteiger partial charge in [-0.1, -0.05) is 38.1 Å². The van der Waals surface area contributed by atoms with Crippen LogP contribution in [-0.4, -0.2) is 72.4 Å². The largest absolute Gasteiger partial charge is 0.474 e. The van der Waals surface area contributed by atoms with Gasteiger partial charge in [0, 0.05) is 43.0 Å². The van der Waals surface area contributed by atoms with E-state index in [1.807, 2.05) is 75.8 Å². The zero-order valence-electron chi connectivity index (χ0n) is 26.5. The lowest BCUT2D eigenvalue weighted by Gasteiger charge is -2.32. The molecule has 1 aliphatic heterocycles. The van der Waals surface area contributed by atoms with Crippen LogP contribution in [0.5, 0.6) is 5.88 Å². The number of aromatic nitrogens is 4. The van der Waals surface area contributed by atoms with Crippen LogP contribution in [0, 0.1) is 12.8 Å². The molecule has 12 heteroatoms. The number of amides is 2. The Morgan fingerprint density at radius 2 is 1.83 bits per heavy atom. The molecule has 0 spiro atoms. The van der Waals surface area contributed by atoms with Gasteiger partial charge >= 0.3 is 0 Å². The van der Waals surface area contributed by atoms with Crippen molar-refractivity contribution < 1.29 is 19.4 Å². The van der Waals surface area contributed by atoms with Crippen LogP contribution in [-0.2, 0) is 9.59 Å².